The minimum absolute atomic E-state index is 0.176. The van der Waals surface area contributed by atoms with Crippen LogP contribution < -0.4 is 5.32 Å². The molecule has 0 saturated carbocycles. The molecule has 2 N–H and O–H groups in total. The molecule has 5 nitrogen and oxygen atoms in total. The molecule has 7 heteroatoms. The average molecular weight is 340 g/mol. The number of hydrogen-bond donors (Lipinski definition) is 2. The number of rotatable bonds is 3. The van der Waals surface area contributed by atoms with Gasteiger partial charge in [-0.2, -0.15) is 4.39 Å². The van der Waals surface area contributed by atoms with E-state index in [-0.39, 0.29) is 4.47 Å². The molecule has 1 aromatic carbocycles. The minimum Gasteiger partial charge on any atom is -0.380 e. The first-order valence-electron chi connectivity index (χ1n) is 5.92. The number of aliphatic hydroxyl groups is 1. The zero-order chi connectivity index (χ0) is 14.2. The molecule has 0 amide bonds. The van der Waals surface area contributed by atoms with Crippen molar-refractivity contribution in [2.75, 3.05) is 18.5 Å². The fourth-order valence-electron chi connectivity index (χ4n) is 1.90. The van der Waals surface area contributed by atoms with Crippen molar-refractivity contribution in [2.45, 2.75) is 5.60 Å². The molecule has 104 valence electrons. The van der Waals surface area contributed by atoms with Gasteiger partial charge in [0, 0.05) is 5.69 Å². The second-order valence-corrected chi connectivity index (χ2v) is 5.35. The SMILES string of the molecule is OC1(c2ccc(Nc3ncnc(F)c3Br)cc2)COC1. The van der Waals surface area contributed by atoms with Crippen molar-refractivity contribution in [2.24, 2.45) is 0 Å². The van der Waals surface area contributed by atoms with E-state index in [2.05, 4.69) is 31.2 Å². The molecular formula is C13H11BrFN3O2. The van der Waals surface area contributed by atoms with Crippen LogP contribution in [0.3, 0.4) is 0 Å². The van der Waals surface area contributed by atoms with Gasteiger partial charge in [-0.15, -0.1) is 0 Å². The van der Waals surface area contributed by atoms with E-state index in [1.54, 1.807) is 24.3 Å². The van der Waals surface area contributed by atoms with Gasteiger partial charge >= 0.3 is 0 Å². The first-order valence-corrected chi connectivity index (χ1v) is 6.71. The number of ether oxygens (including phenoxy) is 1. The molecule has 1 fully saturated rings. The maximum Gasteiger partial charge on any atom is 0.232 e. The van der Waals surface area contributed by atoms with Crippen molar-refractivity contribution in [3.8, 4) is 0 Å². The standard InChI is InChI=1S/C13H11BrFN3O2/c14-10-11(15)16-7-17-12(10)18-9-3-1-8(2-4-9)13(19)5-20-6-13/h1-4,7,19H,5-6H2,(H,16,17,18). The smallest absolute Gasteiger partial charge is 0.232 e. The van der Waals surface area contributed by atoms with Gasteiger partial charge in [-0.25, -0.2) is 9.97 Å². The number of halogens is 2. The molecule has 0 unspecified atom stereocenters. The van der Waals surface area contributed by atoms with Gasteiger partial charge in [-0.05, 0) is 33.6 Å². The monoisotopic (exact) mass is 339 g/mol. The van der Waals surface area contributed by atoms with Crippen molar-refractivity contribution >= 4 is 27.4 Å². The fraction of sp³-hybridized carbons (Fsp3) is 0.231. The predicted octanol–water partition coefficient (Wildman–Crippen LogP) is 2.34. The third kappa shape index (κ3) is 2.39. The average Bonchev–Trinajstić information content (AvgIpc) is 2.42. The summed E-state index contributed by atoms with van der Waals surface area (Å²) in [7, 11) is 0. The van der Waals surface area contributed by atoms with Gasteiger partial charge in [0.15, 0.2) is 5.82 Å². The topological polar surface area (TPSA) is 67.3 Å². The zero-order valence-corrected chi connectivity index (χ0v) is 11.9. The molecule has 1 aromatic heterocycles. The summed E-state index contributed by atoms with van der Waals surface area (Å²) < 4.78 is 18.5. The van der Waals surface area contributed by atoms with Crippen molar-refractivity contribution in [1.82, 2.24) is 9.97 Å². The van der Waals surface area contributed by atoms with Crippen LogP contribution in [-0.2, 0) is 10.3 Å². The first-order chi connectivity index (χ1) is 9.58. The molecule has 0 spiro atoms. The number of aromatic nitrogens is 2. The highest BCUT2D eigenvalue weighted by Gasteiger charge is 2.37. The summed E-state index contributed by atoms with van der Waals surface area (Å²) in [6.07, 6.45) is 1.14. The second-order valence-electron chi connectivity index (χ2n) is 4.55. The molecule has 0 aliphatic carbocycles. The highest BCUT2D eigenvalue weighted by Crippen LogP contribution is 2.31. The molecule has 0 radical (unpaired) electrons. The van der Waals surface area contributed by atoms with Crippen LogP contribution >= 0.6 is 15.9 Å². The van der Waals surface area contributed by atoms with Crippen LogP contribution in [0, 0.1) is 5.95 Å². The summed E-state index contributed by atoms with van der Waals surface area (Å²) in [4.78, 5) is 7.39. The van der Waals surface area contributed by atoms with Crippen molar-refractivity contribution < 1.29 is 14.2 Å². The third-order valence-electron chi connectivity index (χ3n) is 3.11. The third-order valence-corrected chi connectivity index (χ3v) is 3.82. The number of nitrogens with zero attached hydrogens (tertiary/aromatic N) is 2. The molecule has 2 aromatic rings. The Morgan fingerprint density at radius 2 is 1.95 bits per heavy atom. The summed E-state index contributed by atoms with van der Waals surface area (Å²) in [6, 6.07) is 7.18. The molecule has 0 atom stereocenters. The Labute approximate surface area is 123 Å². The van der Waals surface area contributed by atoms with Crippen LogP contribution in [0.25, 0.3) is 0 Å². The van der Waals surface area contributed by atoms with E-state index in [1.165, 1.54) is 0 Å². The number of nitrogens with one attached hydrogen (secondary N) is 1. The molecule has 2 heterocycles. The quantitative estimate of drug-likeness (QED) is 0.840. The summed E-state index contributed by atoms with van der Waals surface area (Å²) in [5, 5.41) is 13.1. The van der Waals surface area contributed by atoms with E-state index >= 15 is 0 Å². The Kier molecular flexibility index (Phi) is 3.41. The van der Waals surface area contributed by atoms with E-state index in [0.717, 1.165) is 17.6 Å². The Bertz CT molecular complexity index is 632. The molecule has 1 aliphatic heterocycles. The molecule has 1 saturated heterocycles. The highest BCUT2D eigenvalue weighted by molar-refractivity contribution is 9.10. The molecule has 0 bridgehead atoms. The Morgan fingerprint density at radius 1 is 1.25 bits per heavy atom. The van der Waals surface area contributed by atoms with E-state index in [0.29, 0.717) is 19.0 Å². The van der Waals surface area contributed by atoms with Crippen molar-refractivity contribution in [1.29, 1.82) is 0 Å². The van der Waals surface area contributed by atoms with Crippen LogP contribution in [0.15, 0.2) is 35.1 Å². The van der Waals surface area contributed by atoms with Crippen LogP contribution in [0.1, 0.15) is 5.56 Å². The van der Waals surface area contributed by atoms with Crippen molar-refractivity contribution in [3.63, 3.8) is 0 Å². The largest absolute Gasteiger partial charge is 0.380 e. The van der Waals surface area contributed by atoms with Crippen LogP contribution in [0.5, 0.6) is 0 Å². The summed E-state index contributed by atoms with van der Waals surface area (Å²) in [5.74, 6) is -0.281. The normalized spacial score (nSPS) is 16.6. The number of anilines is 2. The second kappa shape index (κ2) is 5.08. The van der Waals surface area contributed by atoms with Gasteiger partial charge in [0.05, 0.1) is 13.2 Å². The zero-order valence-electron chi connectivity index (χ0n) is 10.3. The summed E-state index contributed by atoms with van der Waals surface area (Å²) in [6.45, 7) is 0.616. The van der Waals surface area contributed by atoms with Gasteiger partial charge in [-0.3, -0.25) is 0 Å². The fourth-order valence-corrected chi connectivity index (χ4v) is 2.20. The lowest BCUT2D eigenvalue weighted by Crippen LogP contribution is -2.46. The number of benzene rings is 1. The lowest BCUT2D eigenvalue weighted by molar-refractivity contribution is -0.184. The maximum absolute atomic E-state index is 13.3. The van der Waals surface area contributed by atoms with E-state index in [9.17, 15) is 9.50 Å². The van der Waals surface area contributed by atoms with Crippen LogP contribution in [0.2, 0.25) is 0 Å². The Morgan fingerprint density at radius 3 is 2.55 bits per heavy atom. The molecule has 1 aliphatic rings. The molecular weight excluding hydrogens is 329 g/mol. The van der Waals surface area contributed by atoms with Crippen LogP contribution in [-0.4, -0.2) is 28.3 Å². The lowest BCUT2D eigenvalue weighted by Gasteiger charge is -2.36. The Balaban J connectivity index is 1.80. The predicted molar refractivity (Wildman–Crippen MR) is 74.1 cm³/mol. The highest BCUT2D eigenvalue weighted by atomic mass is 79.9. The van der Waals surface area contributed by atoms with E-state index < -0.39 is 11.5 Å². The van der Waals surface area contributed by atoms with Gasteiger partial charge in [-0.1, -0.05) is 12.1 Å². The van der Waals surface area contributed by atoms with Crippen LogP contribution in [0.4, 0.5) is 15.9 Å². The Hall–Kier alpha value is -1.57. The minimum atomic E-state index is -0.889. The van der Waals surface area contributed by atoms with Gasteiger partial charge < -0.3 is 15.2 Å². The maximum atomic E-state index is 13.3. The summed E-state index contributed by atoms with van der Waals surface area (Å²) in [5.41, 5.74) is 0.638. The number of hydrogen-bond acceptors (Lipinski definition) is 5. The van der Waals surface area contributed by atoms with E-state index in [4.69, 9.17) is 4.74 Å². The van der Waals surface area contributed by atoms with Gasteiger partial charge in [0.1, 0.15) is 16.4 Å². The first kappa shape index (κ1) is 13.4. The lowest BCUT2D eigenvalue weighted by atomic mass is 9.92. The van der Waals surface area contributed by atoms with Gasteiger partial charge in [0.2, 0.25) is 5.95 Å². The van der Waals surface area contributed by atoms with Crippen molar-refractivity contribution in [3.05, 3.63) is 46.6 Å². The molecule has 3 rings (SSSR count). The summed E-state index contributed by atoms with van der Waals surface area (Å²) >= 11 is 3.09. The van der Waals surface area contributed by atoms with Gasteiger partial charge in [0.25, 0.3) is 0 Å². The molecule has 20 heavy (non-hydrogen) atoms. The van der Waals surface area contributed by atoms with E-state index in [1.807, 2.05) is 0 Å².